The SMILES string of the molecule is CCOC(=O)C1=C(C)N=c2s/c(=C\c3cc(I)c(OCc4ccccc4)c(OC)c3)c(=O)n2[C@@H]1c1ccc(OC(C)C)cc1. The number of hydrogen-bond donors (Lipinski definition) is 0. The summed E-state index contributed by atoms with van der Waals surface area (Å²) in [6, 6.07) is 20.4. The molecule has 44 heavy (non-hydrogen) atoms. The zero-order valence-electron chi connectivity index (χ0n) is 25.1. The molecular weight excluding hydrogens is 691 g/mol. The molecule has 0 saturated carbocycles. The molecule has 0 spiro atoms. The molecule has 1 atom stereocenters. The van der Waals surface area contributed by atoms with Crippen molar-refractivity contribution in [3.05, 3.63) is 118 Å². The van der Waals surface area contributed by atoms with Gasteiger partial charge in [-0.2, -0.15) is 0 Å². The number of halogens is 1. The average molecular weight is 725 g/mol. The topological polar surface area (TPSA) is 88.4 Å². The van der Waals surface area contributed by atoms with E-state index in [4.69, 9.17) is 18.9 Å². The minimum atomic E-state index is -0.705. The summed E-state index contributed by atoms with van der Waals surface area (Å²) in [5.74, 6) is 1.40. The van der Waals surface area contributed by atoms with Crippen LogP contribution < -0.4 is 29.1 Å². The van der Waals surface area contributed by atoms with Crippen LogP contribution in [0.15, 0.2) is 87.8 Å². The van der Waals surface area contributed by atoms with Gasteiger partial charge in [0.25, 0.3) is 5.56 Å². The maximum absolute atomic E-state index is 14.0. The first kappa shape index (κ1) is 31.5. The summed E-state index contributed by atoms with van der Waals surface area (Å²) in [5, 5.41) is 0. The van der Waals surface area contributed by atoms with E-state index in [0.29, 0.717) is 44.5 Å². The number of esters is 1. The number of thiazole rings is 1. The lowest BCUT2D eigenvalue weighted by atomic mass is 9.96. The standard InChI is InChI=1S/C34H33IN2O6S/c1-6-41-33(39)29-21(4)36-34-37(30(29)24-12-14-25(15-13-24)43-20(2)3)32(38)28(44-34)18-23-16-26(35)31(27(17-23)40-5)42-19-22-10-8-7-9-11-22/h7-18,20,30H,6,19H2,1-5H3/b28-18-/t30-/m1/s1. The second-order valence-electron chi connectivity index (χ2n) is 10.3. The van der Waals surface area contributed by atoms with Crippen molar-refractivity contribution in [1.29, 1.82) is 0 Å². The lowest BCUT2D eigenvalue weighted by molar-refractivity contribution is -0.139. The van der Waals surface area contributed by atoms with E-state index in [1.807, 2.05) is 86.7 Å². The molecule has 0 bridgehead atoms. The molecule has 2 heterocycles. The van der Waals surface area contributed by atoms with Crippen LogP contribution in [-0.4, -0.2) is 30.4 Å². The number of benzene rings is 3. The Morgan fingerprint density at radius 1 is 1.11 bits per heavy atom. The Morgan fingerprint density at radius 3 is 2.50 bits per heavy atom. The fourth-order valence-corrected chi connectivity index (χ4v) is 6.78. The van der Waals surface area contributed by atoms with E-state index in [1.54, 1.807) is 25.5 Å². The Bertz CT molecular complexity index is 1880. The lowest BCUT2D eigenvalue weighted by Crippen LogP contribution is -2.39. The molecule has 3 aromatic carbocycles. The monoisotopic (exact) mass is 724 g/mol. The van der Waals surface area contributed by atoms with Gasteiger partial charge in [0.2, 0.25) is 0 Å². The van der Waals surface area contributed by atoms with Crippen LogP contribution in [0.2, 0.25) is 0 Å². The van der Waals surface area contributed by atoms with Gasteiger partial charge in [-0.3, -0.25) is 9.36 Å². The minimum absolute atomic E-state index is 0.0157. The Morgan fingerprint density at radius 2 is 1.84 bits per heavy atom. The average Bonchev–Trinajstić information content (AvgIpc) is 3.30. The van der Waals surface area contributed by atoms with E-state index in [2.05, 4.69) is 27.6 Å². The van der Waals surface area contributed by atoms with E-state index >= 15 is 0 Å². The summed E-state index contributed by atoms with van der Waals surface area (Å²) in [6.07, 6.45) is 1.83. The quantitative estimate of drug-likeness (QED) is 0.152. The first-order chi connectivity index (χ1) is 21.2. The second-order valence-corrected chi connectivity index (χ2v) is 12.5. The molecule has 228 valence electrons. The number of ether oxygens (including phenoxy) is 4. The van der Waals surface area contributed by atoms with E-state index in [9.17, 15) is 9.59 Å². The molecule has 4 aromatic rings. The predicted molar refractivity (Wildman–Crippen MR) is 179 cm³/mol. The molecule has 0 aliphatic carbocycles. The molecule has 1 aliphatic rings. The maximum Gasteiger partial charge on any atom is 0.338 e. The largest absolute Gasteiger partial charge is 0.493 e. The molecule has 5 rings (SSSR count). The maximum atomic E-state index is 14.0. The number of nitrogens with zero attached hydrogens (tertiary/aromatic N) is 2. The summed E-state index contributed by atoms with van der Waals surface area (Å²) >= 11 is 3.49. The van der Waals surface area contributed by atoms with Crippen LogP contribution in [0, 0.1) is 3.57 Å². The highest BCUT2D eigenvalue weighted by atomic mass is 127. The van der Waals surface area contributed by atoms with Crippen LogP contribution in [0.3, 0.4) is 0 Å². The van der Waals surface area contributed by atoms with Gasteiger partial charge in [-0.05, 0) is 97.3 Å². The lowest BCUT2D eigenvalue weighted by Gasteiger charge is -2.25. The smallest absolute Gasteiger partial charge is 0.338 e. The van der Waals surface area contributed by atoms with Crippen molar-refractivity contribution in [2.45, 2.75) is 46.4 Å². The van der Waals surface area contributed by atoms with E-state index in [-0.39, 0.29) is 18.3 Å². The first-order valence-corrected chi connectivity index (χ1v) is 16.1. The van der Waals surface area contributed by atoms with Crippen LogP contribution >= 0.6 is 33.9 Å². The molecule has 0 fully saturated rings. The van der Waals surface area contributed by atoms with Crippen LogP contribution in [0.1, 0.15) is 50.4 Å². The molecule has 1 aliphatic heterocycles. The number of hydrogen-bond acceptors (Lipinski definition) is 8. The van der Waals surface area contributed by atoms with Gasteiger partial charge in [0, 0.05) is 0 Å². The second kappa shape index (κ2) is 13.8. The van der Waals surface area contributed by atoms with Gasteiger partial charge in [0.1, 0.15) is 12.4 Å². The van der Waals surface area contributed by atoms with Crippen molar-refractivity contribution in [1.82, 2.24) is 4.57 Å². The van der Waals surface area contributed by atoms with Crippen LogP contribution in [0.4, 0.5) is 0 Å². The molecular formula is C34H33IN2O6S. The number of carbonyl (C=O) groups excluding carboxylic acids is 1. The van der Waals surface area contributed by atoms with Crippen LogP contribution in [0.25, 0.3) is 6.08 Å². The van der Waals surface area contributed by atoms with Gasteiger partial charge in [-0.1, -0.05) is 53.8 Å². The highest BCUT2D eigenvalue weighted by Gasteiger charge is 2.33. The van der Waals surface area contributed by atoms with Crippen LogP contribution in [0.5, 0.6) is 17.2 Å². The van der Waals surface area contributed by atoms with Gasteiger partial charge < -0.3 is 18.9 Å². The molecule has 0 radical (unpaired) electrons. The molecule has 0 saturated heterocycles. The molecule has 10 heteroatoms. The molecule has 1 aromatic heterocycles. The molecule has 8 nitrogen and oxygen atoms in total. The number of fused-ring (bicyclic) bond motifs is 1. The first-order valence-electron chi connectivity index (χ1n) is 14.2. The summed E-state index contributed by atoms with van der Waals surface area (Å²) in [5.41, 5.74) is 3.16. The highest BCUT2D eigenvalue weighted by Crippen LogP contribution is 2.35. The highest BCUT2D eigenvalue weighted by molar-refractivity contribution is 14.1. The number of methoxy groups -OCH3 is 1. The van der Waals surface area contributed by atoms with Gasteiger partial charge in [-0.15, -0.1) is 0 Å². The Hall–Kier alpha value is -3.90. The minimum Gasteiger partial charge on any atom is -0.493 e. The van der Waals surface area contributed by atoms with Gasteiger partial charge in [0.05, 0.1) is 45.2 Å². The summed E-state index contributed by atoms with van der Waals surface area (Å²) in [7, 11) is 1.59. The van der Waals surface area contributed by atoms with Crippen molar-refractivity contribution >= 4 is 46.0 Å². The molecule has 0 unspecified atom stereocenters. The Kier molecular flexibility index (Phi) is 9.90. The van der Waals surface area contributed by atoms with Gasteiger partial charge in [0.15, 0.2) is 16.3 Å². The van der Waals surface area contributed by atoms with Crippen LogP contribution in [-0.2, 0) is 16.1 Å². The van der Waals surface area contributed by atoms with E-state index < -0.39 is 12.0 Å². The van der Waals surface area contributed by atoms with Gasteiger partial charge in [-0.25, -0.2) is 9.79 Å². The number of rotatable bonds is 10. The van der Waals surface area contributed by atoms with E-state index in [1.165, 1.54) is 11.3 Å². The van der Waals surface area contributed by atoms with Crippen molar-refractivity contribution in [3.63, 3.8) is 0 Å². The Balaban J connectivity index is 1.57. The molecule has 0 N–H and O–H groups in total. The fourth-order valence-electron chi connectivity index (χ4n) is 4.95. The Labute approximate surface area is 273 Å². The van der Waals surface area contributed by atoms with Crippen molar-refractivity contribution in [2.24, 2.45) is 4.99 Å². The number of allylic oxidation sites excluding steroid dienone is 1. The zero-order chi connectivity index (χ0) is 31.4. The fraction of sp³-hybridized carbons (Fsp3) is 0.265. The number of aromatic nitrogens is 1. The summed E-state index contributed by atoms with van der Waals surface area (Å²) < 4.78 is 25.9. The number of carbonyl (C=O) groups is 1. The van der Waals surface area contributed by atoms with Gasteiger partial charge >= 0.3 is 5.97 Å². The third-order valence-corrected chi connectivity index (χ3v) is 8.64. The molecule has 0 amide bonds. The normalized spacial score (nSPS) is 14.7. The zero-order valence-corrected chi connectivity index (χ0v) is 28.1. The third kappa shape index (κ3) is 6.76. The van der Waals surface area contributed by atoms with Crippen molar-refractivity contribution in [2.75, 3.05) is 13.7 Å². The third-order valence-electron chi connectivity index (χ3n) is 6.86. The van der Waals surface area contributed by atoms with Crippen molar-refractivity contribution in [3.8, 4) is 17.2 Å². The summed E-state index contributed by atoms with van der Waals surface area (Å²) in [4.78, 5) is 32.4. The van der Waals surface area contributed by atoms with Crippen molar-refractivity contribution < 1.29 is 23.7 Å². The predicted octanol–water partition coefficient (Wildman–Crippen LogP) is 5.78. The van der Waals surface area contributed by atoms with E-state index in [0.717, 1.165) is 20.3 Å². The summed E-state index contributed by atoms with van der Waals surface area (Å²) in [6.45, 7) is 8.05.